The van der Waals surface area contributed by atoms with Crippen LogP contribution in [-0.2, 0) is 14.3 Å². The fourth-order valence-electron chi connectivity index (χ4n) is 3.46. The second-order valence-electron chi connectivity index (χ2n) is 6.59. The molecular weight excluding hydrogens is 297 g/mol. The number of likely N-dealkylation sites (tertiary alicyclic amines) is 1. The lowest BCUT2D eigenvalue weighted by molar-refractivity contribution is -0.158. The van der Waals surface area contributed by atoms with E-state index in [1.165, 1.54) is 12.1 Å². The van der Waals surface area contributed by atoms with Crippen molar-refractivity contribution in [2.45, 2.75) is 45.1 Å². The summed E-state index contributed by atoms with van der Waals surface area (Å²) >= 11 is 0. The smallest absolute Gasteiger partial charge is 0.321 e. The third-order valence-electron chi connectivity index (χ3n) is 5.00. The van der Waals surface area contributed by atoms with Crippen molar-refractivity contribution in [2.24, 2.45) is 5.41 Å². The minimum absolute atomic E-state index is 0.0736. The quantitative estimate of drug-likeness (QED) is 0.633. The maximum absolute atomic E-state index is 13.1. The molecule has 2 aliphatic rings. The molecule has 0 bridgehead atoms. The molecule has 0 aromatic heterocycles. The van der Waals surface area contributed by atoms with Crippen molar-refractivity contribution in [3.05, 3.63) is 35.6 Å². The number of nitrogens with zero attached hydrogens (tertiary/aromatic N) is 1. The first kappa shape index (κ1) is 16.0. The van der Waals surface area contributed by atoms with Gasteiger partial charge in [-0.15, -0.1) is 0 Å². The van der Waals surface area contributed by atoms with Gasteiger partial charge in [0.2, 0.25) is 5.91 Å². The highest BCUT2D eigenvalue weighted by Crippen LogP contribution is 2.50. The Kier molecular flexibility index (Phi) is 4.13. The number of carbonyl (C=O) groups excluding carboxylic acids is 2. The van der Waals surface area contributed by atoms with Crippen LogP contribution >= 0.6 is 0 Å². The van der Waals surface area contributed by atoms with Gasteiger partial charge in [-0.2, -0.15) is 0 Å². The first-order valence-electron chi connectivity index (χ1n) is 8.21. The van der Waals surface area contributed by atoms with Crippen LogP contribution in [0.2, 0.25) is 0 Å². The molecule has 0 spiro atoms. The molecule has 2 fully saturated rings. The molecule has 1 amide bonds. The highest BCUT2D eigenvalue weighted by Gasteiger charge is 2.60. The van der Waals surface area contributed by atoms with E-state index in [1.54, 1.807) is 24.0 Å². The van der Waals surface area contributed by atoms with E-state index in [4.69, 9.17) is 4.74 Å². The van der Waals surface area contributed by atoms with Gasteiger partial charge in [0.1, 0.15) is 11.2 Å². The normalized spacial score (nSPS) is 25.3. The van der Waals surface area contributed by atoms with Gasteiger partial charge in [0, 0.05) is 18.5 Å². The fraction of sp³-hybridized carbons (Fsp3) is 0.556. The number of hydrogen-bond donors (Lipinski definition) is 0. The van der Waals surface area contributed by atoms with Crippen LogP contribution in [0.3, 0.4) is 0 Å². The van der Waals surface area contributed by atoms with E-state index in [0.717, 1.165) is 12.0 Å². The number of halogens is 1. The van der Waals surface area contributed by atoms with Crippen molar-refractivity contribution in [3.63, 3.8) is 0 Å². The third kappa shape index (κ3) is 2.84. The molecule has 1 aliphatic carbocycles. The van der Waals surface area contributed by atoms with Crippen LogP contribution in [0, 0.1) is 11.2 Å². The van der Waals surface area contributed by atoms with Gasteiger partial charge in [-0.05, 0) is 50.8 Å². The summed E-state index contributed by atoms with van der Waals surface area (Å²) in [6, 6.07) is 6.53. The average molecular weight is 319 g/mol. The summed E-state index contributed by atoms with van der Waals surface area (Å²) in [6.45, 7) is 4.62. The molecule has 1 aromatic rings. The highest BCUT2D eigenvalue weighted by molar-refractivity contribution is 6.05. The number of esters is 1. The van der Waals surface area contributed by atoms with Gasteiger partial charge in [-0.1, -0.05) is 12.1 Å². The molecule has 2 atom stereocenters. The van der Waals surface area contributed by atoms with Crippen LogP contribution in [0.15, 0.2) is 24.3 Å². The summed E-state index contributed by atoms with van der Waals surface area (Å²) in [5.41, 5.74) is 0.0941. The number of carbonyl (C=O) groups is 2. The zero-order valence-electron chi connectivity index (χ0n) is 13.5. The molecule has 1 saturated heterocycles. The molecule has 1 aromatic carbocycles. The van der Waals surface area contributed by atoms with Gasteiger partial charge >= 0.3 is 5.97 Å². The minimum atomic E-state index is -0.943. The summed E-state index contributed by atoms with van der Waals surface area (Å²) in [6.07, 6.45) is 1.99. The van der Waals surface area contributed by atoms with Crippen LogP contribution in [0.25, 0.3) is 0 Å². The number of hydrogen-bond acceptors (Lipinski definition) is 3. The molecule has 1 saturated carbocycles. The molecule has 1 aliphatic heterocycles. The molecule has 1 heterocycles. The van der Waals surface area contributed by atoms with Gasteiger partial charge in [0.25, 0.3) is 0 Å². The van der Waals surface area contributed by atoms with Crippen molar-refractivity contribution >= 4 is 11.9 Å². The summed E-state index contributed by atoms with van der Waals surface area (Å²) < 4.78 is 18.1. The lowest BCUT2D eigenvalue weighted by Crippen LogP contribution is -2.43. The Hall–Kier alpha value is -1.91. The highest BCUT2D eigenvalue weighted by atomic mass is 19.1. The largest absolute Gasteiger partial charge is 0.465 e. The lowest BCUT2D eigenvalue weighted by atomic mass is 9.97. The number of ether oxygens (including phenoxy) is 1. The van der Waals surface area contributed by atoms with Gasteiger partial charge in [0.05, 0.1) is 6.61 Å². The number of rotatable bonds is 4. The maximum atomic E-state index is 13.1. The predicted octanol–water partition coefficient (Wildman–Crippen LogP) is 2.87. The number of amides is 1. The Balaban J connectivity index is 1.73. The van der Waals surface area contributed by atoms with E-state index >= 15 is 0 Å². The molecule has 124 valence electrons. The fourth-order valence-corrected chi connectivity index (χ4v) is 3.46. The van der Waals surface area contributed by atoms with E-state index in [-0.39, 0.29) is 29.7 Å². The van der Waals surface area contributed by atoms with Crippen molar-refractivity contribution in [2.75, 3.05) is 13.2 Å². The van der Waals surface area contributed by atoms with Crippen LogP contribution in [0.5, 0.6) is 0 Å². The third-order valence-corrected chi connectivity index (χ3v) is 5.00. The van der Waals surface area contributed by atoms with E-state index in [9.17, 15) is 14.0 Å². The van der Waals surface area contributed by atoms with E-state index < -0.39 is 5.41 Å². The Labute approximate surface area is 135 Å². The van der Waals surface area contributed by atoms with Crippen LogP contribution in [0.4, 0.5) is 4.39 Å². The summed E-state index contributed by atoms with van der Waals surface area (Å²) in [4.78, 5) is 26.8. The van der Waals surface area contributed by atoms with Crippen LogP contribution in [-0.4, -0.2) is 36.0 Å². The first-order chi connectivity index (χ1) is 11.0. The molecule has 0 radical (unpaired) electrons. The van der Waals surface area contributed by atoms with Crippen molar-refractivity contribution in [3.8, 4) is 0 Å². The Morgan fingerprint density at radius 1 is 1.30 bits per heavy atom. The standard InChI is InChI=1S/C18H22FNO3/c1-3-23-17(22)18(8-9-18)16(21)20-11-14(10-12(20)2)13-4-6-15(19)7-5-13/h4-7,12,14H,3,8-11H2,1-2H3/t12-,14-/m1/s1. The number of benzene rings is 1. The topological polar surface area (TPSA) is 46.6 Å². The van der Waals surface area contributed by atoms with Crippen LogP contribution in [0.1, 0.15) is 44.6 Å². The lowest BCUT2D eigenvalue weighted by Gasteiger charge is -2.26. The van der Waals surface area contributed by atoms with Crippen LogP contribution < -0.4 is 0 Å². The summed E-state index contributed by atoms with van der Waals surface area (Å²) in [5.74, 6) is -0.560. The van der Waals surface area contributed by atoms with Crippen molar-refractivity contribution in [1.82, 2.24) is 4.90 Å². The van der Waals surface area contributed by atoms with Gasteiger partial charge < -0.3 is 9.64 Å². The Bertz CT molecular complexity index is 609. The molecule has 5 heteroatoms. The second kappa shape index (κ2) is 5.95. The van der Waals surface area contributed by atoms with Gasteiger partial charge in [-0.25, -0.2) is 4.39 Å². The molecule has 23 heavy (non-hydrogen) atoms. The monoisotopic (exact) mass is 319 g/mol. The van der Waals surface area contributed by atoms with E-state index in [1.807, 2.05) is 6.92 Å². The maximum Gasteiger partial charge on any atom is 0.321 e. The molecule has 3 rings (SSSR count). The Morgan fingerprint density at radius 3 is 2.52 bits per heavy atom. The molecule has 0 N–H and O–H groups in total. The molecule has 4 nitrogen and oxygen atoms in total. The molecular formula is C18H22FNO3. The molecule has 0 unspecified atom stereocenters. The second-order valence-corrected chi connectivity index (χ2v) is 6.59. The summed E-state index contributed by atoms with van der Waals surface area (Å²) in [7, 11) is 0. The first-order valence-corrected chi connectivity index (χ1v) is 8.21. The zero-order chi connectivity index (χ0) is 16.6. The predicted molar refractivity (Wildman–Crippen MR) is 83.2 cm³/mol. The zero-order valence-corrected chi connectivity index (χ0v) is 13.5. The average Bonchev–Trinajstić information content (AvgIpc) is 3.26. The van der Waals surface area contributed by atoms with Gasteiger partial charge in [0.15, 0.2) is 0 Å². The van der Waals surface area contributed by atoms with Gasteiger partial charge in [-0.3, -0.25) is 9.59 Å². The van der Waals surface area contributed by atoms with E-state index in [2.05, 4.69) is 0 Å². The SMILES string of the molecule is CCOC(=O)C1(C(=O)N2C[C@H](c3ccc(F)cc3)C[C@H]2C)CC1. The summed E-state index contributed by atoms with van der Waals surface area (Å²) in [5, 5.41) is 0. The van der Waals surface area contributed by atoms with Crippen molar-refractivity contribution < 1.29 is 18.7 Å². The minimum Gasteiger partial charge on any atom is -0.465 e. The van der Waals surface area contributed by atoms with Crippen molar-refractivity contribution in [1.29, 1.82) is 0 Å². The van der Waals surface area contributed by atoms with E-state index in [0.29, 0.717) is 26.0 Å². The Morgan fingerprint density at radius 2 is 1.96 bits per heavy atom.